The Morgan fingerprint density at radius 3 is 2.76 bits per heavy atom. The largest absolute Gasteiger partial charge is 0.311 e. The molecule has 2 aromatic rings. The van der Waals surface area contributed by atoms with Gasteiger partial charge in [-0.3, -0.25) is 4.79 Å². The Hall–Kier alpha value is -2.17. The van der Waals surface area contributed by atoms with Gasteiger partial charge in [-0.15, -0.1) is 0 Å². The number of carbonyl (C=O) groups excluding carboxylic acids is 1. The predicted octanol–water partition coefficient (Wildman–Crippen LogP) is 3.39. The van der Waals surface area contributed by atoms with E-state index >= 15 is 0 Å². The molecule has 1 N–H and O–H groups in total. The van der Waals surface area contributed by atoms with Crippen LogP contribution >= 0.6 is 0 Å². The van der Waals surface area contributed by atoms with Crippen LogP contribution in [0.5, 0.6) is 0 Å². The van der Waals surface area contributed by atoms with Crippen LogP contribution in [-0.4, -0.2) is 15.7 Å². The van der Waals surface area contributed by atoms with E-state index in [1.54, 1.807) is 29.1 Å². The number of hydrogen-bond acceptors (Lipinski definition) is 2. The maximum absolute atomic E-state index is 12.8. The SMILES string of the molecule is CCCn1nccc1NC(=O)CCCc1ccc(F)cc1. The molecule has 112 valence electrons. The van der Waals surface area contributed by atoms with Crippen molar-refractivity contribution < 1.29 is 9.18 Å². The van der Waals surface area contributed by atoms with Gasteiger partial charge < -0.3 is 5.32 Å². The smallest absolute Gasteiger partial charge is 0.225 e. The van der Waals surface area contributed by atoms with Gasteiger partial charge in [-0.2, -0.15) is 5.10 Å². The molecule has 0 saturated carbocycles. The van der Waals surface area contributed by atoms with E-state index in [-0.39, 0.29) is 11.7 Å². The molecule has 1 amide bonds. The second kappa shape index (κ2) is 7.57. The molecule has 0 aliphatic rings. The van der Waals surface area contributed by atoms with E-state index in [4.69, 9.17) is 0 Å². The molecular formula is C16H20FN3O. The highest BCUT2D eigenvalue weighted by molar-refractivity contribution is 5.89. The van der Waals surface area contributed by atoms with Gasteiger partial charge in [0.2, 0.25) is 5.91 Å². The van der Waals surface area contributed by atoms with E-state index in [0.29, 0.717) is 6.42 Å². The van der Waals surface area contributed by atoms with E-state index in [1.165, 1.54) is 12.1 Å². The highest BCUT2D eigenvalue weighted by Gasteiger charge is 2.06. The molecule has 0 aliphatic carbocycles. The summed E-state index contributed by atoms with van der Waals surface area (Å²) in [6, 6.07) is 8.19. The fourth-order valence-corrected chi connectivity index (χ4v) is 2.14. The van der Waals surface area contributed by atoms with Crippen molar-refractivity contribution in [3.8, 4) is 0 Å². The number of benzene rings is 1. The molecule has 0 aliphatic heterocycles. The number of nitrogens with zero attached hydrogens (tertiary/aromatic N) is 2. The van der Waals surface area contributed by atoms with Crippen molar-refractivity contribution in [2.45, 2.75) is 39.2 Å². The first kappa shape index (κ1) is 15.2. The van der Waals surface area contributed by atoms with E-state index in [1.807, 2.05) is 0 Å². The Bertz CT molecular complexity index is 577. The van der Waals surface area contributed by atoms with Gasteiger partial charge in [-0.1, -0.05) is 19.1 Å². The van der Waals surface area contributed by atoms with Crippen molar-refractivity contribution in [3.63, 3.8) is 0 Å². The van der Waals surface area contributed by atoms with Crippen molar-refractivity contribution in [3.05, 3.63) is 47.9 Å². The molecule has 0 fully saturated rings. The summed E-state index contributed by atoms with van der Waals surface area (Å²) in [6.45, 7) is 2.86. The van der Waals surface area contributed by atoms with Crippen molar-refractivity contribution in [1.29, 1.82) is 0 Å². The normalized spacial score (nSPS) is 10.6. The molecule has 4 nitrogen and oxygen atoms in total. The lowest BCUT2D eigenvalue weighted by molar-refractivity contribution is -0.116. The van der Waals surface area contributed by atoms with Crippen LogP contribution < -0.4 is 5.32 Å². The Morgan fingerprint density at radius 1 is 1.29 bits per heavy atom. The number of anilines is 1. The summed E-state index contributed by atoms with van der Waals surface area (Å²) in [6.07, 6.45) is 4.59. The van der Waals surface area contributed by atoms with Gasteiger partial charge in [-0.25, -0.2) is 9.07 Å². The average Bonchev–Trinajstić information content (AvgIpc) is 2.89. The molecule has 0 atom stereocenters. The van der Waals surface area contributed by atoms with E-state index in [2.05, 4.69) is 17.3 Å². The van der Waals surface area contributed by atoms with Gasteiger partial charge >= 0.3 is 0 Å². The van der Waals surface area contributed by atoms with Crippen LogP contribution in [0.2, 0.25) is 0 Å². The predicted molar refractivity (Wildman–Crippen MR) is 80.5 cm³/mol. The summed E-state index contributed by atoms with van der Waals surface area (Å²) in [5.74, 6) is 0.485. The van der Waals surface area contributed by atoms with Crippen LogP contribution in [0.25, 0.3) is 0 Å². The molecule has 0 bridgehead atoms. The third kappa shape index (κ3) is 4.70. The average molecular weight is 289 g/mol. The lowest BCUT2D eigenvalue weighted by Gasteiger charge is -2.08. The molecule has 5 heteroatoms. The summed E-state index contributed by atoms with van der Waals surface area (Å²) in [4.78, 5) is 11.9. The fourth-order valence-electron chi connectivity index (χ4n) is 2.14. The van der Waals surface area contributed by atoms with Gasteiger partial charge in [0.15, 0.2) is 0 Å². The second-order valence-corrected chi connectivity index (χ2v) is 4.97. The second-order valence-electron chi connectivity index (χ2n) is 4.97. The molecule has 1 heterocycles. The lowest BCUT2D eigenvalue weighted by atomic mass is 10.1. The van der Waals surface area contributed by atoms with Crippen LogP contribution in [0.1, 0.15) is 31.7 Å². The van der Waals surface area contributed by atoms with Crippen molar-refractivity contribution in [1.82, 2.24) is 9.78 Å². The van der Waals surface area contributed by atoms with Crippen LogP contribution in [-0.2, 0) is 17.8 Å². The number of rotatable bonds is 7. The molecule has 0 unspecified atom stereocenters. The van der Waals surface area contributed by atoms with Crippen LogP contribution in [0.15, 0.2) is 36.5 Å². The number of amides is 1. The van der Waals surface area contributed by atoms with Gasteiger partial charge in [0.1, 0.15) is 11.6 Å². The number of hydrogen-bond donors (Lipinski definition) is 1. The minimum absolute atomic E-state index is 0.0186. The summed E-state index contributed by atoms with van der Waals surface area (Å²) in [5, 5.41) is 7.03. The third-order valence-corrected chi connectivity index (χ3v) is 3.20. The first-order chi connectivity index (χ1) is 10.2. The van der Waals surface area contributed by atoms with Crippen molar-refractivity contribution in [2.75, 3.05) is 5.32 Å². The fraction of sp³-hybridized carbons (Fsp3) is 0.375. The van der Waals surface area contributed by atoms with Gasteiger partial charge in [0.25, 0.3) is 0 Å². The number of aryl methyl sites for hydroxylation is 2. The molecule has 0 spiro atoms. The monoisotopic (exact) mass is 289 g/mol. The molecule has 1 aromatic carbocycles. The molecule has 1 aromatic heterocycles. The van der Waals surface area contributed by atoms with Crippen molar-refractivity contribution >= 4 is 11.7 Å². The number of aromatic nitrogens is 2. The standard InChI is InChI=1S/C16H20FN3O/c1-2-12-20-15(10-11-18-20)19-16(21)5-3-4-13-6-8-14(17)9-7-13/h6-11H,2-5,12H2,1H3,(H,19,21). The minimum Gasteiger partial charge on any atom is -0.311 e. The summed E-state index contributed by atoms with van der Waals surface area (Å²) < 4.78 is 14.6. The first-order valence-corrected chi connectivity index (χ1v) is 7.25. The lowest BCUT2D eigenvalue weighted by Crippen LogP contribution is -2.15. The molecule has 21 heavy (non-hydrogen) atoms. The maximum atomic E-state index is 12.8. The molecular weight excluding hydrogens is 269 g/mol. The zero-order valence-electron chi connectivity index (χ0n) is 12.2. The van der Waals surface area contributed by atoms with Gasteiger partial charge in [-0.05, 0) is 37.0 Å². The topological polar surface area (TPSA) is 46.9 Å². The zero-order chi connectivity index (χ0) is 15.1. The van der Waals surface area contributed by atoms with E-state index in [9.17, 15) is 9.18 Å². The maximum Gasteiger partial charge on any atom is 0.225 e. The van der Waals surface area contributed by atoms with Gasteiger partial charge in [0, 0.05) is 19.0 Å². The highest BCUT2D eigenvalue weighted by Crippen LogP contribution is 2.10. The Balaban J connectivity index is 1.77. The zero-order valence-corrected chi connectivity index (χ0v) is 12.2. The van der Waals surface area contributed by atoms with Crippen LogP contribution in [0.4, 0.5) is 10.2 Å². The summed E-state index contributed by atoms with van der Waals surface area (Å²) >= 11 is 0. The Morgan fingerprint density at radius 2 is 2.05 bits per heavy atom. The van der Waals surface area contributed by atoms with Crippen LogP contribution in [0, 0.1) is 5.82 Å². The quantitative estimate of drug-likeness (QED) is 0.849. The van der Waals surface area contributed by atoms with E-state index < -0.39 is 0 Å². The molecule has 0 saturated heterocycles. The molecule has 0 radical (unpaired) electrons. The summed E-state index contributed by atoms with van der Waals surface area (Å²) in [7, 11) is 0. The third-order valence-electron chi connectivity index (χ3n) is 3.20. The number of halogens is 1. The van der Waals surface area contributed by atoms with Crippen molar-refractivity contribution in [2.24, 2.45) is 0 Å². The summed E-state index contributed by atoms with van der Waals surface area (Å²) in [5.41, 5.74) is 1.04. The number of carbonyl (C=O) groups is 1. The van der Waals surface area contributed by atoms with E-state index in [0.717, 1.165) is 37.2 Å². The van der Waals surface area contributed by atoms with Crippen LogP contribution in [0.3, 0.4) is 0 Å². The Kier molecular flexibility index (Phi) is 5.49. The Labute approximate surface area is 124 Å². The first-order valence-electron chi connectivity index (χ1n) is 7.25. The highest BCUT2D eigenvalue weighted by atomic mass is 19.1. The molecule has 2 rings (SSSR count). The number of nitrogens with one attached hydrogen (secondary N) is 1. The van der Waals surface area contributed by atoms with Gasteiger partial charge in [0.05, 0.1) is 6.20 Å². The minimum atomic E-state index is -0.235.